The van der Waals surface area contributed by atoms with Crippen molar-refractivity contribution in [2.24, 2.45) is 0 Å². The van der Waals surface area contributed by atoms with Crippen LogP contribution in [0.15, 0.2) is 66.9 Å². The molecular formula is C22H15F3N4O2. The molecule has 0 aliphatic rings. The lowest BCUT2D eigenvalue weighted by Crippen LogP contribution is -2.08. The molecular weight excluding hydrogens is 409 g/mol. The number of hydrogen-bond acceptors (Lipinski definition) is 6. The number of aromatic nitrogens is 3. The van der Waals surface area contributed by atoms with Crippen LogP contribution in [0.5, 0.6) is 11.8 Å². The van der Waals surface area contributed by atoms with E-state index in [9.17, 15) is 18.0 Å². The zero-order valence-corrected chi connectivity index (χ0v) is 15.9. The van der Waals surface area contributed by atoms with E-state index < -0.39 is 11.7 Å². The smallest absolute Gasteiger partial charge is 0.416 e. The van der Waals surface area contributed by atoms with Gasteiger partial charge in [-0.25, -0.2) is 9.97 Å². The van der Waals surface area contributed by atoms with Crippen molar-refractivity contribution < 1.29 is 22.7 Å². The fraction of sp³-hybridized carbons (Fsp3) is 0.0909. The highest BCUT2D eigenvalue weighted by Crippen LogP contribution is 2.30. The van der Waals surface area contributed by atoms with Crippen molar-refractivity contribution in [2.75, 3.05) is 5.73 Å². The monoisotopic (exact) mass is 424 g/mol. The van der Waals surface area contributed by atoms with Crippen molar-refractivity contribution in [1.29, 1.82) is 0 Å². The summed E-state index contributed by atoms with van der Waals surface area (Å²) in [5, 5.41) is 0.564. The van der Waals surface area contributed by atoms with Gasteiger partial charge in [-0.1, -0.05) is 30.3 Å². The number of fused-ring (bicyclic) bond motifs is 1. The molecule has 4 rings (SSSR count). The first-order chi connectivity index (χ1) is 14.8. The molecule has 0 atom stereocenters. The second kappa shape index (κ2) is 8.02. The van der Waals surface area contributed by atoms with E-state index in [1.165, 1.54) is 24.4 Å². The molecule has 0 saturated carbocycles. The van der Waals surface area contributed by atoms with E-state index in [1.54, 1.807) is 30.3 Å². The van der Waals surface area contributed by atoms with Crippen molar-refractivity contribution in [2.45, 2.75) is 12.6 Å². The molecule has 0 bridgehead atoms. The number of anilines is 1. The second-order valence-corrected chi connectivity index (χ2v) is 6.67. The number of pyridine rings is 1. The van der Waals surface area contributed by atoms with Crippen LogP contribution in [-0.4, -0.2) is 20.7 Å². The summed E-state index contributed by atoms with van der Waals surface area (Å²) in [5.41, 5.74) is 5.88. The van der Waals surface area contributed by atoms with Crippen molar-refractivity contribution in [3.63, 3.8) is 0 Å². The lowest BCUT2D eigenvalue weighted by atomic mass is 9.98. The molecule has 2 aromatic carbocycles. The summed E-state index contributed by atoms with van der Waals surface area (Å²) in [6, 6.07) is 14.5. The van der Waals surface area contributed by atoms with Gasteiger partial charge in [-0.3, -0.25) is 4.79 Å². The van der Waals surface area contributed by atoms with Crippen LogP contribution in [0.2, 0.25) is 0 Å². The fourth-order valence-corrected chi connectivity index (χ4v) is 3.09. The van der Waals surface area contributed by atoms with Gasteiger partial charge in [0.25, 0.3) is 0 Å². The number of rotatable bonds is 5. The van der Waals surface area contributed by atoms with Crippen LogP contribution in [-0.2, 0) is 12.6 Å². The number of nitrogen functional groups attached to an aromatic ring is 1. The molecule has 6 nitrogen and oxygen atoms in total. The Kier molecular flexibility index (Phi) is 5.24. The molecule has 2 N–H and O–H groups in total. The maximum atomic E-state index is 12.9. The third-order valence-electron chi connectivity index (χ3n) is 4.48. The van der Waals surface area contributed by atoms with Crippen LogP contribution in [0, 0.1) is 0 Å². The first-order valence-corrected chi connectivity index (χ1v) is 9.15. The van der Waals surface area contributed by atoms with Crippen LogP contribution >= 0.6 is 0 Å². The Hall–Kier alpha value is -4.01. The van der Waals surface area contributed by atoms with Gasteiger partial charge in [0.2, 0.25) is 17.7 Å². The van der Waals surface area contributed by atoms with E-state index in [0.717, 1.165) is 12.1 Å². The van der Waals surface area contributed by atoms with Gasteiger partial charge >= 0.3 is 6.18 Å². The fourth-order valence-electron chi connectivity index (χ4n) is 3.09. The maximum Gasteiger partial charge on any atom is 0.416 e. The van der Waals surface area contributed by atoms with Crippen LogP contribution in [0.3, 0.4) is 0 Å². The normalized spacial score (nSPS) is 11.5. The van der Waals surface area contributed by atoms with E-state index in [-0.39, 0.29) is 35.5 Å². The average Bonchev–Trinajstić information content (AvgIpc) is 2.73. The van der Waals surface area contributed by atoms with Gasteiger partial charge in [0, 0.05) is 35.7 Å². The quantitative estimate of drug-likeness (QED) is 0.461. The van der Waals surface area contributed by atoms with Gasteiger partial charge in [0.15, 0.2) is 5.78 Å². The van der Waals surface area contributed by atoms with Crippen LogP contribution < -0.4 is 10.5 Å². The molecule has 0 saturated heterocycles. The third kappa shape index (κ3) is 4.61. The van der Waals surface area contributed by atoms with Gasteiger partial charge in [-0.05, 0) is 23.8 Å². The van der Waals surface area contributed by atoms with E-state index >= 15 is 0 Å². The number of alkyl halides is 3. The number of Topliss-reactive ketones (excluding diaryl/α,β-unsaturated/α-hetero) is 1. The largest absolute Gasteiger partial charge is 0.421 e. The number of ketones is 1. The zero-order valence-electron chi connectivity index (χ0n) is 15.9. The summed E-state index contributed by atoms with van der Waals surface area (Å²) in [5.74, 6) is 0.203. The Morgan fingerprint density at radius 1 is 0.968 bits per heavy atom. The maximum absolute atomic E-state index is 12.9. The number of carbonyl (C=O) groups is 1. The zero-order chi connectivity index (χ0) is 22.0. The number of nitrogens with zero attached hydrogens (tertiary/aromatic N) is 3. The molecule has 0 unspecified atom stereocenters. The van der Waals surface area contributed by atoms with E-state index in [1.807, 2.05) is 0 Å². The van der Waals surface area contributed by atoms with E-state index in [2.05, 4.69) is 15.0 Å². The summed E-state index contributed by atoms with van der Waals surface area (Å²) in [6.45, 7) is 0. The van der Waals surface area contributed by atoms with Crippen molar-refractivity contribution in [1.82, 2.24) is 15.0 Å². The first kappa shape index (κ1) is 20.3. The molecule has 4 aromatic rings. The van der Waals surface area contributed by atoms with Crippen molar-refractivity contribution in [3.8, 4) is 11.8 Å². The minimum atomic E-state index is -4.47. The standard InChI is InChI=1S/C22H15F3N4O2/c23-22(24,25)14-4-1-3-13(11-14)12-18(30)16-5-2-6-17-15(16)7-8-19(28-17)31-20-9-10-27-21(26)29-20/h1-11H,12H2,(H2,26,27,29). The number of carbonyl (C=O) groups excluding carboxylic acids is 1. The van der Waals surface area contributed by atoms with E-state index in [0.29, 0.717) is 16.5 Å². The minimum absolute atomic E-state index is 0.0563. The number of ether oxygens (including phenoxy) is 1. The van der Waals surface area contributed by atoms with Gasteiger partial charge in [-0.2, -0.15) is 18.2 Å². The molecule has 0 aliphatic heterocycles. The molecule has 0 radical (unpaired) electrons. The van der Waals surface area contributed by atoms with Gasteiger partial charge in [-0.15, -0.1) is 0 Å². The molecule has 156 valence electrons. The van der Waals surface area contributed by atoms with Crippen LogP contribution in [0.1, 0.15) is 21.5 Å². The predicted molar refractivity (Wildman–Crippen MR) is 108 cm³/mol. The Bertz CT molecular complexity index is 1280. The summed E-state index contributed by atoms with van der Waals surface area (Å²) < 4.78 is 44.4. The lowest BCUT2D eigenvalue weighted by Gasteiger charge is -2.10. The molecule has 0 aliphatic carbocycles. The van der Waals surface area contributed by atoms with Crippen LogP contribution in [0.4, 0.5) is 19.1 Å². The highest BCUT2D eigenvalue weighted by atomic mass is 19.4. The Labute approximate surface area is 174 Å². The molecule has 0 fully saturated rings. The molecule has 2 aromatic heterocycles. The number of hydrogen-bond donors (Lipinski definition) is 1. The number of nitrogens with two attached hydrogens (primary N) is 1. The number of benzene rings is 2. The highest BCUT2D eigenvalue weighted by Gasteiger charge is 2.30. The summed E-state index contributed by atoms with van der Waals surface area (Å²) >= 11 is 0. The van der Waals surface area contributed by atoms with Gasteiger partial charge < -0.3 is 10.5 Å². The highest BCUT2D eigenvalue weighted by molar-refractivity contribution is 6.08. The topological polar surface area (TPSA) is 91.0 Å². The third-order valence-corrected chi connectivity index (χ3v) is 4.48. The SMILES string of the molecule is Nc1nccc(Oc2ccc3c(C(=O)Cc4cccc(C(F)(F)F)c4)cccc3n2)n1. The summed E-state index contributed by atoms with van der Waals surface area (Å²) in [7, 11) is 0. The minimum Gasteiger partial charge on any atom is -0.421 e. The molecule has 0 amide bonds. The average molecular weight is 424 g/mol. The van der Waals surface area contributed by atoms with E-state index in [4.69, 9.17) is 10.5 Å². The predicted octanol–water partition coefficient (Wildman–Crippen LogP) is 4.84. The van der Waals surface area contributed by atoms with Crippen molar-refractivity contribution in [3.05, 3.63) is 83.6 Å². The second-order valence-electron chi connectivity index (χ2n) is 6.67. The molecule has 2 heterocycles. The summed E-state index contributed by atoms with van der Waals surface area (Å²) in [4.78, 5) is 24.9. The van der Waals surface area contributed by atoms with Gasteiger partial charge in [0.05, 0.1) is 11.1 Å². The molecule has 31 heavy (non-hydrogen) atoms. The summed E-state index contributed by atoms with van der Waals surface area (Å²) in [6.07, 6.45) is -3.18. The van der Waals surface area contributed by atoms with Crippen molar-refractivity contribution >= 4 is 22.6 Å². The Morgan fingerprint density at radius 3 is 2.52 bits per heavy atom. The molecule has 0 spiro atoms. The Balaban J connectivity index is 1.60. The first-order valence-electron chi connectivity index (χ1n) is 9.15. The number of halogens is 3. The van der Waals surface area contributed by atoms with Crippen LogP contribution in [0.25, 0.3) is 10.9 Å². The van der Waals surface area contributed by atoms with Gasteiger partial charge in [0.1, 0.15) is 0 Å². The molecule has 9 heteroatoms. The Morgan fingerprint density at radius 2 is 1.74 bits per heavy atom. The lowest BCUT2D eigenvalue weighted by molar-refractivity contribution is -0.137.